The second kappa shape index (κ2) is 7.49. The van der Waals surface area contributed by atoms with Gasteiger partial charge in [-0.2, -0.15) is 0 Å². The van der Waals surface area contributed by atoms with Gasteiger partial charge in [0.05, 0.1) is 12.2 Å². The van der Waals surface area contributed by atoms with Crippen molar-refractivity contribution >= 4 is 11.7 Å². The number of anilines is 1. The molecule has 1 aliphatic carbocycles. The lowest BCUT2D eigenvalue weighted by atomic mass is 9.80. The average molecular weight is 306 g/mol. The molecule has 2 amide bonds. The Bertz CT molecular complexity index is 513. The van der Waals surface area contributed by atoms with Gasteiger partial charge < -0.3 is 20.5 Å². The average Bonchev–Trinajstić information content (AvgIpc) is 2.46. The molecule has 0 heterocycles. The minimum Gasteiger partial charge on any atom is -0.494 e. The highest BCUT2D eigenvalue weighted by molar-refractivity contribution is 5.90. The second-order valence-corrected chi connectivity index (χ2v) is 6.06. The SMILES string of the molecule is CCCCOc1ccc(NC(=O)NCC2(O)CCC2)c(C)c1. The Hall–Kier alpha value is -1.75. The van der Waals surface area contributed by atoms with E-state index in [1.165, 1.54) is 0 Å². The molecule has 0 aromatic heterocycles. The molecule has 0 aliphatic heterocycles. The highest BCUT2D eigenvalue weighted by atomic mass is 16.5. The molecule has 0 bridgehead atoms. The molecule has 122 valence electrons. The molecule has 0 atom stereocenters. The minimum atomic E-state index is -0.705. The van der Waals surface area contributed by atoms with Gasteiger partial charge in [0.1, 0.15) is 5.75 Å². The molecule has 22 heavy (non-hydrogen) atoms. The highest BCUT2D eigenvalue weighted by Crippen LogP contribution is 2.30. The van der Waals surface area contributed by atoms with Crippen molar-refractivity contribution in [1.29, 1.82) is 0 Å². The number of nitrogens with one attached hydrogen (secondary N) is 2. The van der Waals surface area contributed by atoms with Gasteiger partial charge in [0.25, 0.3) is 0 Å². The fourth-order valence-corrected chi connectivity index (χ4v) is 2.37. The molecule has 1 fully saturated rings. The lowest BCUT2D eigenvalue weighted by Gasteiger charge is -2.36. The van der Waals surface area contributed by atoms with E-state index in [1.54, 1.807) is 0 Å². The Kier molecular flexibility index (Phi) is 5.66. The van der Waals surface area contributed by atoms with Crippen molar-refractivity contribution in [3.8, 4) is 5.75 Å². The molecule has 1 saturated carbocycles. The molecule has 1 aromatic rings. The summed E-state index contributed by atoms with van der Waals surface area (Å²) in [4.78, 5) is 11.9. The van der Waals surface area contributed by atoms with Crippen LogP contribution >= 0.6 is 0 Å². The summed E-state index contributed by atoms with van der Waals surface area (Å²) >= 11 is 0. The number of urea groups is 1. The van der Waals surface area contributed by atoms with Gasteiger partial charge >= 0.3 is 6.03 Å². The van der Waals surface area contributed by atoms with Gasteiger partial charge in [-0.25, -0.2) is 4.79 Å². The van der Waals surface area contributed by atoms with Crippen molar-refractivity contribution in [2.75, 3.05) is 18.5 Å². The van der Waals surface area contributed by atoms with Crippen molar-refractivity contribution in [2.45, 2.75) is 51.6 Å². The van der Waals surface area contributed by atoms with E-state index in [-0.39, 0.29) is 6.03 Å². The topological polar surface area (TPSA) is 70.6 Å². The third-order valence-electron chi connectivity index (χ3n) is 4.07. The summed E-state index contributed by atoms with van der Waals surface area (Å²) in [5.41, 5.74) is 0.996. The van der Waals surface area contributed by atoms with Crippen molar-refractivity contribution in [3.63, 3.8) is 0 Å². The number of hydrogen-bond donors (Lipinski definition) is 3. The Morgan fingerprint density at radius 3 is 2.77 bits per heavy atom. The van der Waals surface area contributed by atoms with Crippen molar-refractivity contribution in [2.24, 2.45) is 0 Å². The number of rotatable bonds is 7. The Balaban J connectivity index is 1.82. The van der Waals surface area contributed by atoms with Gasteiger partial charge in [0, 0.05) is 12.2 Å². The number of carbonyl (C=O) groups excluding carboxylic acids is 1. The zero-order valence-electron chi connectivity index (χ0n) is 13.4. The van der Waals surface area contributed by atoms with Crippen LogP contribution in [0.2, 0.25) is 0 Å². The van der Waals surface area contributed by atoms with Crippen LogP contribution in [0.1, 0.15) is 44.6 Å². The number of aryl methyl sites for hydroxylation is 1. The van der Waals surface area contributed by atoms with Gasteiger partial charge in [0.2, 0.25) is 0 Å². The number of aliphatic hydroxyl groups is 1. The molecule has 0 unspecified atom stereocenters. The zero-order valence-corrected chi connectivity index (χ0v) is 13.4. The van der Waals surface area contributed by atoms with Gasteiger partial charge in [-0.3, -0.25) is 0 Å². The van der Waals surface area contributed by atoms with Gasteiger partial charge in [-0.1, -0.05) is 13.3 Å². The first-order chi connectivity index (χ1) is 10.5. The summed E-state index contributed by atoms with van der Waals surface area (Å²) in [6.45, 7) is 5.07. The first kappa shape index (κ1) is 16.6. The van der Waals surface area contributed by atoms with E-state index in [4.69, 9.17) is 4.74 Å². The van der Waals surface area contributed by atoms with E-state index < -0.39 is 5.60 Å². The number of hydrogen-bond acceptors (Lipinski definition) is 3. The van der Waals surface area contributed by atoms with Crippen LogP contribution in [0.25, 0.3) is 0 Å². The standard InChI is InChI=1S/C17H26N2O3/c1-3-4-10-22-14-6-7-15(13(2)11-14)19-16(20)18-12-17(21)8-5-9-17/h6-7,11,21H,3-5,8-10,12H2,1-2H3,(H2,18,19,20). The van der Waals surface area contributed by atoms with Gasteiger partial charge in [0.15, 0.2) is 0 Å². The molecule has 3 N–H and O–H groups in total. The van der Waals surface area contributed by atoms with E-state index in [2.05, 4.69) is 17.6 Å². The van der Waals surface area contributed by atoms with Crippen LogP contribution in [0, 0.1) is 6.92 Å². The Morgan fingerprint density at radius 2 is 2.18 bits per heavy atom. The molecule has 5 heteroatoms. The smallest absolute Gasteiger partial charge is 0.319 e. The largest absolute Gasteiger partial charge is 0.494 e. The highest BCUT2D eigenvalue weighted by Gasteiger charge is 2.34. The maximum Gasteiger partial charge on any atom is 0.319 e. The molecule has 0 spiro atoms. The van der Waals surface area contributed by atoms with Crippen LogP contribution in [-0.4, -0.2) is 29.9 Å². The fraction of sp³-hybridized carbons (Fsp3) is 0.588. The van der Waals surface area contributed by atoms with E-state index in [0.717, 1.165) is 49.1 Å². The van der Waals surface area contributed by atoms with E-state index >= 15 is 0 Å². The molecule has 2 rings (SSSR count). The predicted molar refractivity (Wildman–Crippen MR) is 87.4 cm³/mol. The lowest BCUT2D eigenvalue weighted by molar-refractivity contribution is -0.0287. The normalized spacial score (nSPS) is 15.8. The molecule has 0 saturated heterocycles. The monoisotopic (exact) mass is 306 g/mol. The van der Waals surface area contributed by atoms with E-state index in [9.17, 15) is 9.90 Å². The molecular weight excluding hydrogens is 280 g/mol. The Morgan fingerprint density at radius 1 is 1.41 bits per heavy atom. The molecule has 5 nitrogen and oxygen atoms in total. The maximum atomic E-state index is 11.9. The zero-order chi connectivity index (χ0) is 16.0. The number of unbranched alkanes of at least 4 members (excludes halogenated alkanes) is 1. The fourth-order valence-electron chi connectivity index (χ4n) is 2.37. The summed E-state index contributed by atoms with van der Waals surface area (Å²) in [5.74, 6) is 0.820. The minimum absolute atomic E-state index is 0.289. The van der Waals surface area contributed by atoms with Crippen LogP contribution in [0.15, 0.2) is 18.2 Å². The molecule has 0 radical (unpaired) electrons. The molecule has 1 aromatic carbocycles. The first-order valence-electron chi connectivity index (χ1n) is 8.03. The van der Waals surface area contributed by atoms with Crippen LogP contribution in [0.5, 0.6) is 5.75 Å². The number of carbonyl (C=O) groups is 1. The van der Waals surface area contributed by atoms with Crippen LogP contribution < -0.4 is 15.4 Å². The number of ether oxygens (including phenoxy) is 1. The summed E-state index contributed by atoms with van der Waals surface area (Å²) < 4.78 is 5.64. The van der Waals surface area contributed by atoms with E-state index in [1.807, 2.05) is 25.1 Å². The van der Waals surface area contributed by atoms with E-state index in [0.29, 0.717) is 13.2 Å². The third kappa shape index (κ3) is 4.63. The third-order valence-corrected chi connectivity index (χ3v) is 4.07. The summed E-state index contributed by atoms with van der Waals surface area (Å²) in [5, 5.41) is 15.5. The number of amides is 2. The lowest BCUT2D eigenvalue weighted by Crippen LogP contribution is -2.48. The number of benzene rings is 1. The van der Waals surface area contributed by atoms with Crippen molar-refractivity contribution in [1.82, 2.24) is 5.32 Å². The van der Waals surface area contributed by atoms with Crippen LogP contribution in [0.4, 0.5) is 10.5 Å². The summed E-state index contributed by atoms with van der Waals surface area (Å²) in [7, 11) is 0. The van der Waals surface area contributed by atoms with Crippen LogP contribution in [0.3, 0.4) is 0 Å². The molecular formula is C17H26N2O3. The van der Waals surface area contributed by atoms with Gasteiger partial charge in [-0.15, -0.1) is 0 Å². The summed E-state index contributed by atoms with van der Waals surface area (Å²) in [6.07, 6.45) is 4.68. The van der Waals surface area contributed by atoms with Crippen molar-refractivity contribution in [3.05, 3.63) is 23.8 Å². The Labute approximate surface area is 132 Å². The molecule has 1 aliphatic rings. The first-order valence-corrected chi connectivity index (χ1v) is 8.03. The predicted octanol–water partition coefficient (Wildman–Crippen LogP) is 3.21. The van der Waals surface area contributed by atoms with Crippen LogP contribution in [-0.2, 0) is 0 Å². The second-order valence-electron chi connectivity index (χ2n) is 6.06. The van der Waals surface area contributed by atoms with Gasteiger partial charge in [-0.05, 0) is 56.4 Å². The van der Waals surface area contributed by atoms with Crippen molar-refractivity contribution < 1.29 is 14.6 Å². The summed E-state index contributed by atoms with van der Waals surface area (Å²) in [6, 6.07) is 5.33. The quantitative estimate of drug-likeness (QED) is 0.677. The maximum absolute atomic E-state index is 11.9.